The molecule has 0 saturated carbocycles. The van der Waals surface area contributed by atoms with E-state index in [9.17, 15) is 4.79 Å². The fourth-order valence-electron chi connectivity index (χ4n) is 6.39. The van der Waals surface area contributed by atoms with E-state index in [1.54, 1.807) is 9.36 Å². The number of rotatable bonds is 8. The van der Waals surface area contributed by atoms with Gasteiger partial charge in [0, 0.05) is 57.0 Å². The maximum absolute atomic E-state index is 12.5. The fraction of sp³-hybridized carbons (Fsp3) is 0.581. The molecule has 3 atom stereocenters. The molecule has 0 radical (unpaired) electrons. The number of carbonyl (C=O) groups excluding carboxylic acids is 1. The van der Waals surface area contributed by atoms with Crippen LogP contribution < -0.4 is 10.2 Å². The molecular weight excluding hydrogens is 676 g/mol. The van der Waals surface area contributed by atoms with Crippen molar-refractivity contribution in [2.24, 2.45) is 7.05 Å². The number of carbonyl (C=O) groups is 1. The number of hydrogen-bond acceptors (Lipinski definition) is 8. The van der Waals surface area contributed by atoms with E-state index >= 15 is 0 Å². The highest BCUT2D eigenvalue weighted by Crippen LogP contribution is 2.43. The summed E-state index contributed by atoms with van der Waals surface area (Å²) in [6.45, 7) is 13.6. The Kier molecular flexibility index (Phi) is 8.68. The lowest BCUT2D eigenvalue weighted by Crippen LogP contribution is -2.51. The van der Waals surface area contributed by atoms with Crippen LogP contribution in [0.3, 0.4) is 0 Å². The number of benzene rings is 1. The zero-order valence-electron chi connectivity index (χ0n) is 27.0. The SMILES string of the molecule is Cn1cc2c(Cl)c(-c3nn(COCC[Si](C)(C)C)c4nc(N5[C@@H]6CC[C@H]5CC(NC(=O)OC(C)(C)C)C6)c(Br)nc34)ccc2n1. The van der Waals surface area contributed by atoms with E-state index in [1.807, 2.05) is 46.1 Å². The van der Waals surface area contributed by atoms with Gasteiger partial charge in [0.15, 0.2) is 11.5 Å². The van der Waals surface area contributed by atoms with Crippen LogP contribution in [0.25, 0.3) is 33.3 Å². The van der Waals surface area contributed by atoms with E-state index in [0.717, 1.165) is 54.0 Å². The number of alkyl carbamates (subject to hydrolysis) is 1. The molecule has 2 aliphatic rings. The Labute approximate surface area is 278 Å². The molecule has 45 heavy (non-hydrogen) atoms. The summed E-state index contributed by atoms with van der Waals surface area (Å²) in [5.41, 5.74) is 3.00. The molecule has 2 fully saturated rings. The van der Waals surface area contributed by atoms with Gasteiger partial charge in [-0.05, 0) is 80.6 Å². The maximum atomic E-state index is 12.5. The van der Waals surface area contributed by atoms with Crippen molar-refractivity contribution in [3.05, 3.63) is 28.0 Å². The van der Waals surface area contributed by atoms with Crippen LogP contribution in [0.5, 0.6) is 0 Å². The first kappa shape index (κ1) is 32.2. The molecule has 2 aliphatic heterocycles. The zero-order valence-corrected chi connectivity index (χ0v) is 30.4. The third-order valence-corrected chi connectivity index (χ3v) is 11.1. The van der Waals surface area contributed by atoms with Gasteiger partial charge in [-0.15, -0.1) is 0 Å². The van der Waals surface area contributed by atoms with Gasteiger partial charge in [0.2, 0.25) is 0 Å². The minimum Gasteiger partial charge on any atom is -0.444 e. The highest BCUT2D eigenvalue weighted by molar-refractivity contribution is 9.10. The molecule has 11 nitrogen and oxygen atoms in total. The second-order valence-corrected chi connectivity index (χ2v) is 21.2. The number of aryl methyl sites for hydroxylation is 1. The van der Waals surface area contributed by atoms with Gasteiger partial charge in [-0.25, -0.2) is 19.4 Å². The Morgan fingerprint density at radius 3 is 2.51 bits per heavy atom. The predicted molar refractivity (Wildman–Crippen MR) is 184 cm³/mol. The summed E-state index contributed by atoms with van der Waals surface area (Å²) in [5.74, 6) is 0.786. The summed E-state index contributed by atoms with van der Waals surface area (Å²) in [6.07, 6.45) is 5.22. The van der Waals surface area contributed by atoms with Crippen LogP contribution in [-0.2, 0) is 23.3 Å². The van der Waals surface area contributed by atoms with Gasteiger partial charge in [-0.1, -0.05) is 31.2 Å². The topological polar surface area (TPSA) is 112 Å². The normalized spacial score (nSPS) is 20.4. The molecule has 0 spiro atoms. The van der Waals surface area contributed by atoms with Crippen molar-refractivity contribution in [2.75, 3.05) is 11.5 Å². The van der Waals surface area contributed by atoms with Gasteiger partial charge in [-0.3, -0.25) is 4.68 Å². The highest BCUT2D eigenvalue weighted by Gasteiger charge is 2.43. The third-order valence-electron chi connectivity index (χ3n) is 8.41. The smallest absolute Gasteiger partial charge is 0.407 e. The Morgan fingerprint density at radius 2 is 1.84 bits per heavy atom. The number of halogens is 2. The monoisotopic (exact) mass is 716 g/mol. The number of aromatic nitrogens is 6. The number of hydrogen-bond donors (Lipinski definition) is 1. The van der Waals surface area contributed by atoms with Crippen molar-refractivity contribution in [3.8, 4) is 11.3 Å². The summed E-state index contributed by atoms with van der Waals surface area (Å²) in [5, 5.41) is 14.0. The Bertz CT molecular complexity index is 1730. The summed E-state index contributed by atoms with van der Waals surface area (Å²) in [6, 6.07) is 5.44. The standard InChI is InChI=1S/C31H42BrClN8O3Si/c1-31(2,3)44-30(42)34-18-14-19-8-9-20(15-18)41(19)29-27(32)35-26-25(21-10-11-23-22(24(21)33)16-39(4)37-23)38-40(28(26)36-29)17-43-12-13-45(5,6)7/h10-11,16,18-20H,8-9,12-15,17H2,1-7H3,(H,34,42)/t18?,19-,20+. The molecule has 5 heterocycles. The zero-order chi connectivity index (χ0) is 32.3. The molecule has 1 N–H and O–H groups in total. The molecule has 2 bridgehead atoms. The van der Waals surface area contributed by atoms with Crippen LogP contribution >= 0.6 is 27.5 Å². The van der Waals surface area contributed by atoms with Gasteiger partial charge in [0.1, 0.15) is 28.1 Å². The average molecular weight is 718 g/mol. The van der Waals surface area contributed by atoms with Crippen LogP contribution in [0, 0.1) is 0 Å². The quantitative estimate of drug-likeness (QED) is 0.151. The van der Waals surface area contributed by atoms with Crippen LogP contribution in [0.1, 0.15) is 46.5 Å². The molecule has 1 unspecified atom stereocenters. The maximum Gasteiger partial charge on any atom is 0.407 e. The Morgan fingerprint density at radius 1 is 1.13 bits per heavy atom. The summed E-state index contributed by atoms with van der Waals surface area (Å²) < 4.78 is 15.9. The number of amides is 1. The molecule has 2 saturated heterocycles. The molecule has 1 aromatic carbocycles. The molecule has 6 rings (SSSR count). The van der Waals surface area contributed by atoms with Crippen molar-refractivity contribution in [1.82, 2.24) is 34.8 Å². The number of ether oxygens (including phenoxy) is 2. The van der Waals surface area contributed by atoms with Crippen LogP contribution in [0.4, 0.5) is 10.6 Å². The van der Waals surface area contributed by atoms with Crippen molar-refractivity contribution >= 4 is 69.6 Å². The number of anilines is 1. The second kappa shape index (κ2) is 12.1. The van der Waals surface area contributed by atoms with Crippen LogP contribution in [0.2, 0.25) is 30.7 Å². The lowest BCUT2D eigenvalue weighted by Gasteiger charge is -2.40. The molecular formula is C31H42BrClN8O3Si. The molecule has 0 aliphatic carbocycles. The summed E-state index contributed by atoms with van der Waals surface area (Å²) in [4.78, 5) is 25.2. The van der Waals surface area contributed by atoms with Crippen LogP contribution in [0.15, 0.2) is 22.9 Å². The molecule has 1 amide bonds. The number of piperidine rings is 1. The largest absolute Gasteiger partial charge is 0.444 e. The Hall–Kier alpha value is -2.74. The van der Waals surface area contributed by atoms with E-state index in [0.29, 0.717) is 33.1 Å². The second-order valence-electron chi connectivity index (χ2n) is 14.5. The molecule has 3 aromatic heterocycles. The lowest BCUT2D eigenvalue weighted by atomic mass is 9.97. The van der Waals surface area contributed by atoms with E-state index in [1.165, 1.54) is 0 Å². The van der Waals surface area contributed by atoms with Gasteiger partial charge >= 0.3 is 6.09 Å². The summed E-state index contributed by atoms with van der Waals surface area (Å²) >= 11 is 10.7. The first-order valence-electron chi connectivity index (χ1n) is 15.6. The van der Waals surface area contributed by atoms with Gasteiger partial charge in [0.05, 0.1) is 10.5 Å². The lowest BCUT2D eigenvalue weighted by molar-refractivity contribution is 0.0492. The number of nitrogens with one attached hydrogen (secondary N) is 1. The molecule has 14 heteroatoms. The minimum atomic E-state index is -1.26. The average Bonchev–Trinajstić information content (AvgIpc) is 3.55. The van der Waals surface area contributed by atoms with Gasteiger partial charge < -0.3 is 19.7 Å². The van der Waals surface area contributed by atoms with E-state index in [-0.39, 0.29) is 30.9 Å². The molecule has 4 aromatic rings. The van der Waals surface area contributed by atoms with Crippen molar-refractivity contribution in [1.29, 1.82) is 0 Å². The predicted octanol–water partition coefficient (Wildman–Crippen LogP) is 7.13. The van der Waals surface area contributed by atoms with Gasteiger partial charge in [-0.2, -0.15) is 10.2 Å². The van der Waals surface area contributed by atoms with Crippen molar-refractivity contribution in [2.45, 2.75) is 103 Å². The summed E-state index contributed by atoms with van der Waals surface area (Å²) in [7, 11) is 0.622. The highest BCUT2D eigenvalue weighted by atomic mass is 79.9. The van der Waals surface area contributed by atoms with Crippen molar-refractivity contribution in [3.63, 3.8) is 0 Å². The first-order valence-corrected chi connectivity index (χ1v) is 20.5. The van der Waals surface area contributed by atoms with E-state index < -0.39 is 13.7 Å². The number of nitrogens with zero attached hydrogens (tertiary/aromatic N) is 7. The van der Waals surface area contributed by atoms with Gasteiger partial charge in [0.25, 0.3) is 0 Å². The van der Waals surface area contributed by atoms with E-state index in [2.05, 4.69) is 50.9 Å². The third kappa shape index (κ3) is 6.86. The fourth-order valence-corrected chi connectivity index (χ4v) is 7.92. The number of fused-ring (bicyclic) bond motifs is 4. The van der Waals surface area contributed by atoms with Crippen molar-refractivity contribution < 1.29 is 14.3 Å². The van der Waals surface area contributed by atoms with E-state index in [4.69, 9.17) is 36.1 Å². The molecule has 242 valence electrons. The minimum absolute atomic E-state index is 0.0468. The first-order chi connectivity index (χ1) is 21.2. The van der Waals surface area contributed by atoms with Crippen LogP contribution in [-0.4, -0.2) is 74.0 Å². The Balaban J connectivity index is 1.34.